The number of rotatable bonds is 2. The molecule has 3 heterocycles. The van der Waals surface area contributed by atoms with Crippen LogP contribution in [-0.2, 0) is 6.42 Å². The molecule has 0 radical (unpaired) electrons. The van der Waals surface area contributed by atoms with Crippen LogP contribution in [0.2, 0.25) is 10.0 Å². The van der Waals surface area contributed by atoms with Crippen molar-refractivity contribution >= 4 is 29.0 Å². The highest BCUT2D eigenvalue weighted by atomic mass is 35.5. The Balaban J connectivity index is 1.93. The number of hydrogen-bond acceptors (Lipinski definition) is 3. The van der Waals surface area contributed by atoms with E-state index in [0.29, 0.717) is 10.0 Å². The maximum absolute atomic E-state index is 6.39. The lowest BCUT2D eigenvalue weighted by atomic mass is 10.1. The maximum atomic E-state index is 6.39. The molecule has 1 N–H and O–H groups in total. The number of benzene rings is 1. The third-order valence-electron chi connectivity index (χ3n) is 4.02. The van der Waals surface area contributed by atoms with E-state index in [4.69, 9.17) is 32.7 Å². The summed E-state index contributed by atoms with van der Waals surface area (Å²) < 4.78 is 7.43. The van der Waals surface area contributed by atoms with Crippen LogP contribution in [0.1, 0.15) is 18.4 Å². The molecule has 1 aromatic carbocycles. The number of hydrogen-bond donors (Lipinski definition) is 1. The monoisotopic (exact) mass is 347 g/mol. The Hall–Kier alpha value is -1.91. The number of anilines is 1. The normalized spacial score (nSPS) is 14.2. The van der Waals surface area contributed by atoms with Gasteiger partial charge in [0.15, 0.2) is 5.76 Å². The third-order valence-corrected chi connectivity index (χ3v) is 4.56. The smallest absolute Gasteiger partial charge is 0.154 e. The molecular formula is C17H15Cl2N3O. The minimum absolute atomic E-state index is 0.569. The molecule has 3 aromatic rings. The van der Waals surface area contributed by atoms with Gasteiger partial charge in [-0.15, -0.1) is 0 Å². The summed E-state index contributed by atoms with van der Waals surface area (Å²) in [5, 5.41) is 9.43. The number of nitrogens with zero attached hydrogens (tertiary/aromatic N) is 2. The molecule has 1 aliphatic heterocycles. The van der Waals surface area contributed by atoms with Crippen molar-refractivity contribution in [3.63, 3.8) is 0 Å². The molecule has 1 aliphatic rings. The van der Waals surface area contributed by atoms with Crippen molar-refractivity contribution < 1.29 is 4.42 Å². The molecule has 0 amide bonds. The highest BCUT2D eigenvalue weighted by Gasteiger charge is 2.23. The highest BCUT2D eigenvalue weighted by Crippen LogP contribution is 2.36. The molecule has 23 heavy (non-hydrogen) atoms. The molecule has 118 valence electrons. The van der Waals surface area contributed by atoms with Crippen molar-refractivity contribution in [3.8, 4) is 17.1 Å². The molecule has 4 nitrogen and oxygen atoms in total. The summed E-state index contributed by atoms with van der Waals surface area (Å²) in [6, 6.07) is 9.24. The van der Waals surface area contributed by atoms with Crippen LogP contribution in [0.4, 0.5) is 5.82 Å². The van der Waals surface area contributed by atoms with Crippen LogP contribution in [0.3, 0.4) is 0 Å². The zero-order valence-electron chi connectivity index (χ0n) is 12.4. The minimum Gasteiger partial charge on any atom is -0.463 e. The fourth-order valence-corrected chi connectivity index (χ4v) is 3.43. The quantitative estimate of drug-likeness (QED) is 0.693. The number of halogens is 2. The summed E-state index contributed by atoms with van der Waals surface area (Å²) >= 11 is 12.4. The summed E-state index contributed by atoms with van der Waals surface area (Å²) in [7, 11) is 0. The lowest BCUT2D eigenvalue weighted by Gasteiger charge is -2.10. The Kier molecular flexibility index (Phi) is 3.79. The Morgan fingerprint density at radius 3 is 2.87 bits per heavy atom. The van der Waals surface area contributed by atoms with Crippen molar-refractivity contribution in [2.75, 3.05) is 11.9 Å². The predicted molar refractivity (Wildman–Crippen MR) is 92.7 cm³/mol. The van der Waals surface area contributed by atoms with E-state index in [-0.39, 0.29) is 0 Å². The van der Waals surface area contributed by atoms with Gasteiger partial charge >= 0.3 is 0 Å². The maximum Gasteiger partial charge on any atom is 0.154 e. The average Bonchev–Trinajstić information content (AvgIpc) is 3.10. The zero-order valence-corrected chi connectivity index (χ0v) is 13.9. The zero-order chi connectivity index (χ0) is 15.8. The van der Waals surface area contributed by atoms with Crippen LogP contribution in [0.15, 0.2) is 41.0 Å². The van der Waals surface area contributed by atoms with E-state index in [1.165, 1.54) is 5.56 Å². The van der Waals surface area contributed by atoms with Crippen molar-refractivity contribution in [1.82, 2.24) is 9.78 Å². The molecule has 0 atom stereocenters. The van der Waals surface area contributed by atoms with E-state index in [0.717, 1.165) is 48.8 Å². The number of furan rings is 1. The van der Waals surface area contributed by atoms with Gasteiger partial charge in [-0.05, 0) is 49.6 Å². The van der Waals surface area contributed by atoms with Gasteiger partial charge in [-0.2, -0.15) is 5.10 Å². The van der Waals surface area contributed by atoms with Crippen LogP contribution < -0.4 is 5.32 Å². The SMILES string of the molecule is Clc1ccc(-n2nc(-c3ccco3)c3c2NCCCC3)c(Cl)c1. The topological polar surface area (TPSA) is 43.0 Å². The molecule has 0 saturated carbocycles. The van der Waals surface area contributed by atoms with Gasteiger partial charge in [0.1, 0.15) is 11.5 Å². The van der Waals surface area contributed by atoms with Crippen LogP contribution in [-0.4, -0.2) is 16.3 Å². The lowest BCUT2D eigenvalue weighted by molar-refractivity contribution is 0.578. The summed E-state index contributed by atoms with van der Waals surface area (Å²) in [5.41, 5.74) is 2.84. The van der Waals surface area contributed by atoms with Crippen molar-refractivity contribution in [1.29, 1.82) is 0 Å². The third kappa shape index (κ3) is 2.62. The van der Waals surface area contributed by atoms with E-state index in [2.05, 4.69) is 5.32 Å². The van der Waals surface area contributed by atoms with Crippen LogP contribution in [0, 0.1) is 0 Å². The molecule has 0 fully saturated rings. The second kappa shape index (κ2) is 5.95. The standard InChI is InChI=1S/C17H15Cl2N3O/c18-11-6-7-14(13(19)10-11)22-17-12(4-1-2-8-20-17)16(21-22)15-5-3-9-23-15/h3,5-7,9-10,20H,1-2,4,8H2. The molecule has 0 aliphatic carbocycles. The molecular weight excluding hydrogens is 333 g/mol. The fraction of sp³-hybridized carbons (Fsp3) is 0.235. The van der Waals surface area contributed by atoms with Crippen LogP contribution >= 0.6 is 23.2 Å². The first-order valence-corrected chi connectivity index (χ1v) is 8.35. The number of nitrogens with one attached hydrogen (secondary N) is 1. The van der Waals surface area contributed by atoms with Crippen molar-refractivity contribution in [3.05, 3.63) is 52.2 Å². The van der Waals surface area contributed by atoms with Gasteiger partial charge in [0.25, 0.3) is 0 Å². The Morgan fingerprint density at radius 1 is 1.17 bits per heavy atom. The second-order valence-corrected chi connectivity index (χ2v) is 6.39. The van der Waals surface area contributed by atoms with Gasteiger partial charge in [-0.25, -0.2) is 4.68 Å². The van der Waals surface area contributed by atoms with Crippen molar-refractivity contribution in [2.45, 2.75) is 19.3 Å². The molecule has 0 spiro atoms. The fourth-order valence-electron chi connectivity index (χ4n) is 2.94. The summed E-state index contributed by atoms with van der Waals surface area (Å²) in [5.74, 6) is 1.76. The summed E-state index contributed by atoms with van der Waals surface area (Å²) in [6.07, 6.45) is 4.87. The van der Waals surface area contributed by atoms with Gasteiger partial charge in [0.05, 0.1) is 17.0 Å². The Bertz CT molecular complexity index is 840. The molecule has 0 saturated heterocycles. The van der Waals surface area contributed by atoms with E-state index in [1.54, 1.807) is 12.3 Å². The van der Waals surface area contributed by atoms with Crippen molar-refractivity contribution in [2.24, 2.45) is 0 Å². The lowest BCUT2D eigenvalue weighted by Crippen LogP contribution is -2.07. The Labute approximate surface area is 144 Å². The highest BCUT2D eigenvalue weighted by molar-refractivity contribution is 6.35. The first-order valence-electron chi connectivity index (χ1n) is 7.59. The van der Waals surface area contributed by atoms with E-state index >= 15 is 0 Å². The predicted octanol–water partition coefficient (Wildman–Crippen LogP) is 5.19. The van der Waals surface area contributed by atoms with Crippen LogP contribution in [0.5, 0.6) is 0 Å². The van der Waals surface area contributed by atoms with E-state index < -0.39 is 0 Å². The summed E-state index contributed by atoms with van der Waals surface area (Å²) in [4.78, 5) is 0. The number of aromatic nitrogens is 2. The average molecular weight is 348 g/mol. The van der Waals surface area contributed by atoms with E-state index in [9.17, 15) is 0 Å². The first-order chi connectivity index (χ1) is 11.2. The van der Waals surface area contributed by atoms with Gasteiger partial charge in [0, 0.05) is 17.1 Å². The molecule has 0 unspecified atom stereocenters. The van der Waals surface area contributed by atoms with Gasteiger partial charge < -0.3 is 9.73 Å². The minimum atomic E-state index is 0.569. The van der Waals surface area contributed by atoms with Gasteiger partial charge in [0.2, 0.25) is 0 Å². The summed E-state index contributed by atoms with van der Waals surface area (Å²) in [6.45, 7) is 0.918. The molecule has 0 bridgehead atoms. The van der Waals surface area contributed by atoms with E-state index in [1.807, 2.05) is 28.9 Å². The van der Waals surface area contributed by atoms with Gasteiger partial charge in [-0.1, -0.05) is 23.2 Å². The Morgan fingerprint density at radius 2 is 2.09 bits per heavy atom. The molecule has 6 heteroatoms. The molecule has 2 aromatic heterocycles. The largest absolute Gasteiger partial charge is 0.463 e. The molecule has 4 rings (SSSR count). The first kappa shape index (κ1) is 14.7. The second-order valence-electron chi connectivity index (χ2n) is 5.54. The van der Waals surface area contributed by atoms with Gasteiger partial charge in [-0.3, -0.25) is 0 Å². The number of fused-ring (bicyclic) bond motifs is 1. The van der Waals surface area contributed by atoms with Crippen LogP contribution in [0.25, 0.3) is 17.1 Å².